The van der Waals surface area contributed by atoms with Gasteiger partial charge in [0, 0.05) is 21.3 Å². The second kappa shape index (κ2) is 10.6. The number of anilines is 1. The summed E-state index contributed by atoms with van der Waals surface area (Å²) < 4.78 is 5.49. The van der Waals surface area contributed by atoms with Crippen LogP contribution in [0.15, 0.2) is 71.8 Å². The first-order valence-electron chi connectivity index (χ1n) is 9.28. The molecule has 8 heteroatoms. The number of amides is 2. The van der Waals surface area contributed by atoms with Gasteiger partial charge in [-0.3, -0.25) is 9.59 Å². The number of ether oxygens (including phenoxy) is 1. The van der Waals surface area contributed by atoms with Gasteiger partial charge in [-0.25, -0.2) is 5.43 Å². The summed E-state index contributed by atoms with van der Waals surface area (Å²) in [5, 5.41) is 7.80. The zero-order valence-electron chi connectivity index (χ0n) is 16.6. The lowest BCUT2D eigenvalue weighted by Crippen LogP contribution is -2.20. The molecule has 0 radical (unpaired) electrons. The van der Waals surface area contributed by atoms with Crippen LogP contribution in [0.3, 0.4) is 0 Å². The van der Waals surface area contributed by atoms with E-state index in [4.69, 9.17) is 27.9 Å². The maximum atomic E-state index is 12.0. The molecule has 0 bridgehead atoms. The van der Waals surface area contributed by atoms with Crippen LogP contribution in [0.2, 0.25) is 10.0 Å². The normalized spacial score (nSPS) is 10.7. The summed E-state index contributed by atoms with van der Waals surface area (Å²) in [6.45, 7) is 1.75. The summed E-state index contributed by atoms with van der Waals surface area (Å²) in [5.41, 5.74) is 5.20. The van der Waals surface area contributed by atoms with E-state index >= 15 is 0 Å². The molecule has 0 fully saturated rings. The number of carbonyl (C=O) groups excluding carboxylic acids is 2. The zero-order chi connectivity index (χ0) is 22.2. The number of nitrogens with zero attached hydrogens (tertiary/aromatic N) is 1. The first-order valence-corrected chi connectivity index (χ1v) is 10.0. The van der Waals surface area contributed by atoms with Gasteiger partial charge in [-0.05, 0) is 78.7 Å². The quantitative estimate of drug-likeness (QED) is 0.384. The highest BCUT2D eigenvalue weighted by Crippen LogP contribution is 2.20. The molecule has 6 nitrogen and oxygen atoms in total. The monoisotopic (exact) mass is 455 g/mol. The van der Waals surface area contributed by atoms with Crippen LogP contribution in [0.25, 0.3) is 0 Å². The summed E-state index contributed by atoms with van der Waals surface area (Å²) in [6, 6.07) is 18.7. The first-order chi connectivity index (χ1) is 14.9. The number of hydrogen-bond donors (Lipinski definition) is 2. The van der Waals surface area contributed by atoms with Crippen molar-refractivity contribution < 1.29 is 14.3 Å². The minimum absolute atomic E-state index is 0.143. The van der Waals surface area contributed by atoms with Crippen LogP contribution in [0, 0.1) is 6.92 Å². The Labute approximate surface area is 189 Å². The molecule has 2 amide bonds. The Balaban J connectivity index is 1.46. The minimum atomic E-state index is -0.339. The SMILES string of the molecule is Cc1ccc(NC(=O)COc2ccc(/C=N/NC(=O)c3ccc(Cl)cc3)cc2)cc1Cl. The number of hydrazone groups is 1. The van der Waals surface area contributed by atoms with Crippen molar-refractivity contribution in [3.63, 3.8) is 0 Å². The second-order valence-corrected chi connectivity index (χ2v) is 7.42. The van der Waals surface area contributed by atoms with E-state index in [-0.39, 0.29) is 18.4 Å². The molecule has 0 heterocycles. The molecule has 158 valence electrons. The highest BCUT2D eigenvalue weighted by atomic mass is 35.5. The van der Waals surface area contributed by atoms with Gasteiger partial charge in [-0.1, -0.05) is 29.3 Å². The lowest BCUT2D eigenvalue weighted by molar-refractivity contribution is -0.118. The summed E-state index contributed by atoms with van der Waals surface area (Å²) in [4.78, 5) is 24.0. The lowest BCUT2D eigenvalue weighted by Gasteiger charge is -2.08. The molecular weight excluding hydrogens is 437 g/mol. The topological polar surface area (TPSA) is 79.8 Å². The Kier molecular flexibility index (Phi) is 7.65. The Morgan fingerprint density at radius 1 is 1.00 bits per heavy atom. The number of nitrogens with one attached hydrogen (secondary N) is 2. The maximum absolute atomic E-state index is 12.0. The van der Waals surface area contributed by atoms with Crippen molar-refractivity contribution in [1.82, 2.24) is 5.43 Å². The molecule has 0 aliphatic carbocycles. The summed E-state index contributed by atoms with van der Waals surface area (Å²) in [5.74, 6) is -0.108. The first kappa shape index (κ1) is 22.3. The molecule has 0 aliphatic rings. The largest absolute Gasteiger partial charge is 0.484 e. The third-order valence-corrected chi connectivity index (χ3v) is 4.85. The van der Waals surface area contributed by atoms with Crippen molar-refractivity contribution in [3.05, 3.63) is 93.5 Å². The molecule has 0 aliphatic heterocycles. The minimum Gasteiger partial charge on any atom is -0.484 e. The Bertz CT molecular complexity index is 1100. The highest BCUT2D eigenvalue weighted by Gasteiger charge is 2.06. The van der Waals surface area contributed by atoms with Gasteiger partial charge < -0.3 is 10.1 Å². The van der Waals surface area contributed by atoms with E-state index < -0.39 is 0 Å². The molecule has 31 heavy (non-hydrogen) atoms. The van der Waals surface area contributed by atoms with Gasteiger partial charge in [0.15, 0.2) is 6.61 Å². The van der Waals surface area contributed by atoms with Crippen molar-refractivity contribution in [2.75, 3.05) is 11.9 Å². The molecule has 3 aromatic rings. The van der Waals surface area contributed by atoms with E-state index in [0.29, 0.717) is 27.0 Å². The molecule has 0 saturated carbocycles. The van der Waals surface area contributed by atoms with Gasteiger partial charge in [0.1, 0.15) is 5.75 Å². The average molecular weight is 456 g/mol. The third kappa shape index (κ3) is 6.84. The Morgan fingerprint density at radius 2 is 1.71 bits per heavy atom. The predicted octanol–water partition coefficient (Wildman–Crippen LogP) is 5.08. The predicted molar refractivity (Wildman–Crippen MR) is 123 cm³/mol. The fourth-order valence-electron chi connectivity index (χ4n) is 2.50. The fraction of sp³-hybridized carbons (Fsp3) is 0.0870. The zero-order valence-corrected chi connectivity index (χ0v) is 18.1. The van der Waals surface area contributed by atoms with Crippen LogP contribution >= 0.6 is 23.2 Å². The lowest BCUT2D eigenvalue weighted by atomic mass is 10.2. The Hall–Kier alpha value is -3.35. The van der Waals surface area contributed by atoms with Crippen LogP contribution < -0.4 is 15.5 Å². The number of aryl methyl sites for hydroxylation is 1. The summed E-state index contributed by atoms with van der Waals surface area (Å²) >= 11 is 11.9. The van der Waals surface area contributed by atoms with Crippen LogP contribution in [0.4, 0.5) is 5.69 Å². The van der Waals surface area contributed by atoms with Gasteiger partial charge in [0.2, 0.25) is 0 Å². The fourth-order valence-corrected chi connectivity index (χ4v) is 2.80. The van der Waals surface area contributed by atoms with Gasteiger partial charge in [0.25, 0.3) is 11.8 Å². The van der Waals surface area contributed by atoms with E-state index in [1.54, 1.807) is 60.7 Å². The molecule has 0 unspecified atom stereocenters. The second-order valence-electron chi connectivity index (χ2n) is 6.58. The smallest absolute Gasteiger partial charge is 0.271 e. The van der Waals surface area contributed by atoms with Gasteiger partial charge in [0.05, 0.1) is 6.21 Å². The summed E-state index contributed by atoms with van der Waals surface area (Å²) in [7, 11) is 0. The average Bonchev–Trinajstić information content (AvgIpc) is 2.76. The molecule has 3 rings (SSSR count). The number of carbonyl (C=O) groups is 2. The number of hydrogen-bond acceptors (Lipinski definition) is 4. The number of rotatable bonds is 7. The molecule has 2 N–H and O–H groups in total. The molecule has 0 atom stereocenters. The molecule has 0 spiro atoms. The Morgan fingerprint density at radius 3 is 2.39 bits per heavy atom. The van der Waals surface area contributed by atoms with Crippen LogP contribution in [-0.2, 0) is 4.79 Å². The van der Waals surface area contributed by atoms with Crippen molar-refractivity contribution in [3.8, 4) is 5.75 Å². The van der Waals surface area contributed by atoms with E-state index in [2.05, 4.69) is 15.8 Å². The van der Waals surface area contributed by atoms with Gasteiger partial charge in [-0.15, -0.1) is 0 Å². The maximum Gasteiger partial charge on any atom is 0.271 e. The standard InChI is InChI=1S/C23H19Cl2N3O3/c1-15-2-9-19(12-21(15)25)27-22(29)14-31-20-10-3-16(4-11-20)13-26-28-23(30)17-5-7-18(24)8-6-17/h2-13H,14H2,1H3,(H,27,29)(H,28,30)/b26-13+. The van der Waals surface area contributed by atoms with E-state index in [1.165, 1.54) is 6.21 Å². The van der Waals surface area contributed by atoms with Crippen LogP contribution in [0.5, 0.6) is 5.75 Å². The summed E-state index contributed by atoms with van der Waals surface area (Å²) in [6.07, 6.45) is 1.51. The van der Waals surface area contributed by atoms with Gasteiger partial charge in [-0.2, -0.15) is 5.10 Å². The van der Waals surface area contributed by atoms with Crippen molar-refractivity contribution in [2.45, 2.75) is 6.92 Å². The van der Waals surface area contributed by atoms with E-state index in [1.807, 2.05) is 13.0 Å². The van der Waals surface area contributed by atoms with Crippen LogP contribution in [-0.4, -0.2) is 24.6 Å². The third-order valence-electron chi connectivity index (χ3n) is 4.19. The number of benzene rings is 3. The molecule has 3 aromatic carbocycles. The molecule has 0 saturated heterocycles. The van der Waals surface area contributed by atoms with Crippen molar-refractivity contribution >= 4 is 46.9 Å². The van der Waals surface area contributed by atoms with Crippen molar-refractivity contribution in [1.29, 1.82) is 0 Å². The van der Waals surface area contributed by atoms with E-state index in [9.17, 15) is 9.59 Å². The number of halogens is 2. The van der Waals surface area contributed by atoms with E-state index in [0.717, 1.165) is 11.1 Å². The van der Waals surface area contributed by atoms with Crippen molar-refractivity contribution in [2.24, 2.45) is 5.10 Å². The van der Waals surface area contributed by atoms with Gasteiger partial charge >= 0.3 is 0 Å². The molecule has 0 aromatic heterocycles. The molecular formula is C23H19Cl2N3O3. The van der Waals surface area contributed by atoms with Crippen LogP contribution in [0.1, 0.15) is 21.5 Å². The highest BCUT2D eigenvalue weighted by molar-refractivity contribution is 6.31.